The third-order valence-corrected chi connectivity index (χ3v) is 7.82. The number of carbonyl (C=O) groups excluding carboxylic acids is 2. The number of hydrogen-bond donors (Lipinski definition) is 2. The van der Waals surface area contributed by atoms with Crippen LogP contribution < -0.4 is 25.0 Å². The molecule has 0 spiro atoms. The SMILES string of the molecule is COc1ccc2cc1OCCn1nc(-c3ccccc3)nc1[C@@H](C)NC(=O)CN(c1ncc3c(n1)CCCC3)CCNC2=O. The number of nitrogens with one attached hydrogen (secondary N) is 2. The van der Waals surface area contributed by atoms with Gasteiger partial charge in [0.2, 0.25) is 11.9 Å². The molecular weight excluding hydrogens is 560 g/mol. The molecule has 6 rings (SSSR count). The summed E-state index contributed by atoms with van der Waals surface area (Å²) in [7, 11) is 1.56. The zero-order valence-corrected chi connectivity index (χ0v) is 25.0. The summed E-state index contributed by atoms with van der Waals surface area (Å²) in [6.07, 6.45) is 5.92. The molecule has 0 saturated heterocycles. The Bertz CT molecular complexity index is 1640. The standard InChI is InChI=1S/C32H36N8O4/c1-21-30-37-29(22-8-4-3-5-9-22)38-40(30)16-17-44-27-18-23(12-13-26(27)43-2)31(42)33-14-15-39(20-28(41)35-21)32-34-19-24-10-6-7-11-25(24)36-32/h3-5,8-9,12-13,18-19,21H,6-7,10-11,14-17,20H2,1-2H3,(H,33,42)(H,35,41)/t21-/m1/s1. The molecule has 0 radical (unpaired) electrons. The lowest BCUT2D eigenvalue weighted by molar-refractivity contribution is -0.120. The fraction of sp³-hybridized carbons (Fsp3) is 0.375. The average molecular weight is 597 g/mol. The van der Waals surface area contributed by atoms with E-state index in [0.29, 0.717) is 47.7 Å². The third kappa shape index (κ3) is 6.48. The minimum absolute atomic E-state index is 0.00840. The highest BCUT2D eigenvalue weighted by atomic mass is 16.5. The van der Waals surface area contributed by atoms with Gasteiger partial charge in [-0.15, -0.1) is 0 Å². The van der Waals surface area contributed by atoms with Crippen LogP contribution >= 0.6 is 0 Å². The van der Waals surface area contributed by atoms with E-state index >= 15 is 0 Å². The van der Waals surface area contributed by atoms with Gasteiger partial charge in [0.25, 0.3) is 5.91 Å². The number of methoxy groups -OCH3 is 1. The van der Waals surface area contributed by atoms with Gasteiger partial charge in [0.1, 0.15) is 12.4 Å². The Kier molecular flexibility index (Phi) is 8.67. The second-order valence-corrected chi connectivity index (χ2v) is 10.9. The van der Waals surface area contributed by atoms with E-state index < -0.39 is 6.04 Å². The highest BCUT2D eigenvalue weighted by molar-refractivity contribution is 5.95. The van der Waals surface area contributed by atoms with Gasteiger partial charge < -0.3 is 25.0 Å². The van der Waals surface area contributed by atoms with Crippen molar-refractivity contribution in [3.63, 3.8) is 0 Å². The molecule has 1 atom stereocenters. The van der Waals surface area contributed by atoms with Gasteiger partial charge in [0.05, 0.1) is 26.2 Å². The number of benzene rings is 2. The quantitative estimate of drug-likeness (QED) is 0.366. The van der Waals surface area contributed by atoms with Gasteiger partial charge >= 0.3 is 0 Å². The van der Waals surface area contributed by atoms with Gasteiger partial charge in [0, 0.05) is 36.1 Å². The van der Waals surface area contributed by atoms with Crippen LogP contribution in [0.3, 0.4) is 0 Å². The minimum Gasteiger partial charge on any atom is -0.493 e. The van der Waals surface area contributed by atoms with Gasteiger partial charge in [-0.25, -0.2) is 19.6 Å². The number of amides is 2. The molecule has 2 aromatic carbocycles. The molecule has 4 aromatic rings. The lowest BCUT2D eigenvalue weighted by atomic mass is 9.98. The van der Waals surface area contributed by atoms with Crippen LogP contribution in [0.15, 0.2) is 54.7 Å². The van der Waals surface area contributed by atoms with Crippen LogP contribution in [-0.2, 0) is 24.2 Å². The largest absolute Gasteiger partial charge is 0.493 e. The highest BCUT2D eigenvalue weighted by Gasteiger charge is 2.23. The molecular formula is C32H36N8O4. The molecule has 2 bridgehead atoms. The van der Waals surface area contributed by atoms with E-state index in [1.165, 1.54) is 0 Å². The molecule has 12 nitrogen and oxygen atoms in total. The van der Waals surface area contributed by atoms with E-state index in [-0.39, 0.29) is 31.5 Å². The van der Waals surface area contributed by atoms with E-state index in [4.69, 9.17) is 24.5 Å². The molecule has 12 heteroatoms. The van der Waals surface area contributed by atoms with E-state index in [2.05, 4.69) is 15.6 Å². The normalized spacial score (nSPS) is 17.8. The zero-order chi connectivity index (χ0) is 30.5. The van der Waals surface area contributed by atoms with Crippen molar-refractivity contribution in [1.82, 2.24) is 35.4 Å². The number of fused-ring (bicyclic) bond motifs is 4. The number of nitrogens with zero attached hydrogens (tertiary/aromatic N) is 6. The van der Waals surface area contributed by atoms with Crippen molar-refractivity contribution in [3.05, 3.63) is 77.4 Å². The average Bonchev–Trinajstić information content (AvgIpc) is 3.48. The van der Waals surface area contributed by atoms with Crippen LogP contribution in [0.1, 0.15) is 53.2 Å². The molecule has 2 aliphatic rings. The van der Waals surface area contributed by atoms with Crippen LogP contribution in [-0.4, -0.2) is 69.9 Å². The first-order valence-corrected chi connectivity index (χ1v) is 15.0. The van der Waals surface area contributed by atoms with Crippen molar-refractivity contribution < 1.29 is 19.1 Å². The maximum atomic E-state index is 13.5. The topological polar surface area (TPSA) is 136 Å². The number of rotatable bonds is 3. The summed E-state index contributed by atoms with van der Waals surface area (Å²) in [6.45, 7) is 3.09. The molecule has 2 amide bonds. The van der Waals surface area contributed by atoms with Crippen molar-refractivity contribution in [2.75, 3.05) is 38.3 Å². The summed E-state index contributed by atoms with van der Waals surface area (Å²) < 4.78 is 13.3. The molecule has 3 heterocycles. The van der Waals surface area contributed by atoms with Gasteiger partial charge in [-0.05, 0) is 56.4 Å². The lowest BCUT2D eigenvalue weighted by Gasteiger charge is -2.25. The van der Waals surface area contributed by atoms with Crippen molar-refractivity contribution in [1.29, 1.82) is 0 Å². The van der Waals surface area contributed by atoms with Crippen LogP contribution in [0, 0.1) is 0 Å². The maximum absolute atomic E-state index is 13.5. The summed E-state index contributed by atoms with van der Waals surface area (Å²) in [5.41, 5.74) is 3.48. The molecule has 0 fully saturated rings. The molecule has 1 aliphatic heterocycles. The summed E-state index contributed by atoms with van der Waals surface area (Å²) >= 11 is 0. The number of aryl methyl sites for hydroxylation is 2. The number of hydrogen-bond acceptors (Lipinski definition) is 9. The molecule has 0 unspecified atom stereocenters. The minimum atomic E-state index is -0.452. The first-order chi connectivity index (χ1) is 21.5. The van der Waals surface area contributed by atoms with Gasteiger partial charge in [-0.3, -0.25) is 9.59 Å². The van der Waals surface area contributed by atoms with E-state index in [1.807, 2.05) is 43.5 Å². The molecule has 1 aliphatic carbocycles. The Hall–Kier alpha value is -5.00. The smallest absolute Gasteiger partial charge is 0.251 e. The molecule has 228 valence electrons. The summed E-state index contributed by atoms with van der Waals surface area (Å²) in [5, 5.41) is 10.8. The number of ether oxygens (including phenoxy) is 2. The zero-order valence-electron chi connectivity index (χ0n) is 25.0. The van der Waals surface area contributed by atoms with Crippen LogP contribution in [0.4, 0.5) is 5.95 Å². The van der Waals surface area contributed by atoms with Gasteiger partial charge in [-0.1, -0.05) is 30.3 Å². The van der Waals surface area contributed by atoms with Crippen LogP contribution in [0.25, 0.3) is 11.4 Å². The van der Waals surface area contributed by atoms with Gasteiger partial charge in [0.15, 0.2) is 17.3 Å². The van der Waals surface area contributed by atoms with E-state index in [1.54, 1.807) is 34.9 Å². The Morgan fingerprint density at radius 1 is 1.00 bits per heavy atom. The van der Waals surface area contributed by atoms with Crippen molar-refractivity contribution >= 4 is 17.8 Å². The first-order valence-electron chi connectivity index (χ1n) is 15.0. The van der Waals surface area contributed by atoms with E-state index in [9.17, 15) is 9.59 Å². The third-order valence-electron chi connectivity index (χ3n) is 7.82. The molecule has 44 heavy (non-hydrogen) atoms. The summed E-state index contributed by atoms with van der Waals surface area (Å²) in [6, 6.07) is 14.3. The predicted octanol–water partition coefficient (Wildman–Crippen LogP) is 3.13. The fourth-order valence-corrected chi connectivity index (χ4v) is 5.52. The Morgan fingerprint density at radius 3 is 2.68 bits per heavy atom. The predicted molar refractivity (Wildman–Crippen MR) is 164 cm³/mol. The number of anilines is 1. The summed E-state index contributed by atoms with van der Waals surface area (Å²) in [4.78, 5) is 42.6. The van der Waals surface area contributed by atoms with Crippen molar-refractivity contribution in [3.8, 4) is 22.9 Å². The molecule has 2 aromatic heterocycles. The Morgan fingerprint density at radius 2 is 1.84 bits per heavy atom. The molecule has 0 saturated carbocycles. The second kappa shape index (κ2) is 13.1. The highest BCUT2D eigenvalue weighted by Crippen LogP contribution is 2.28. The molecule has 2 N–H and O–H groups in total. The van der Waals surface area contributed by atoms with Crippen molar-refractivity contribution in [2.24, 2.45) is 0 Å². The van der Waals surface area contributed by atoms with Crippen molar-refractivity contribution in [2.45, 2.75) is 45.2 Å². The Labute approximate surface area is 255 Å². The van der Waals surface area contributed by atoms with E-state index in [0.717, 1.165) is 42.5 Å². The fourth-order valence-electron chi connectivity index (χ4n) is 5.52. The second-order valence-electron chi connectivity index (χ2n) is 10.9. The first kappa shape index (κ1) is 29.1. The maximum Gasteiger partial charge on any atom is 0.251 e. The van der Waals surface area contributed by atoms with Gasteiger partial charge in [-0.2, -0.15) is 5.10 Å². The Balaban J connectivity index is 1.33. The van der Waals surface area contributed by atoms with Crippen LogP contribution in [0.2, 0.25) is 0 Å². The summed E-state index contributed by atoms with van der Waals surface area (Å²) in [5.74, 6) is 2.08. The number of aromatic nitrogens is 5. The van der Waals surface area contributed by atoms with Crippen LogP contribution in [0.5, 0.6) is 11.5 Å². The number of carbonyl (C=O) groups is 2. The monoisotopic (exact) mass is 596 g/mol. The lowest BCUT2D eigenvalue weighted by Crippen LogP contribution is -2.43.